The van der Waals surface area contributed by atoms with Gasteiger partial charge in [0.1, 0.15) is 0 Å². The van der Waals surface area contributed by atoms with Gasteiger partial charge in [-0.3, -0.25) is 0 Å². The highest BCUT2D eigenvalue weighted by Crippen LogP contribution is 2.34. The summed E-state index contributed by atoms with van der Waals surface area (Å²) in [6, 6.07) is 13.4. The smallest absolute Gasteiger partial charge is 0.407 e. The molecule has 2 aromatic rings. The fourth-order valence-corrected chi connectivity index (χ4v) is 4.21. The van der Waals surface area contributed by atoms with Crippen LogP contribution in [0.25, 0.3) is 11.1 Å². The zero-order valence-corrected chi connectivity index (χ0v) is 18.4. The van der Waals surface area contributed by atoms with E-state index in [0.29, 0.717) is 30.3 Å². The molecule has 1 saturated heterocycles. The van der Waals surface area contributed by atoms with Gasteiger partial charge in [-0.05, 0) is 48.1 Å². The topological polar surface area (TPSA) is 96.1 Å². The summed E-state index contributed by atoms with van der Waals surface area (Å²) in [5.74, 6) is 0.0431. The van der Waals surface area contributed by atoms with Crippen molar-refractivity contribution in [3.05, 3.63) is 48.0 Å². The number of hydrogen-bond acceptors (Lipinski definition) is 5. The summed E-state index contributed by atoms with van der Waals surface area (Å²) in [4.78, 5) is 27.2. The van der Waals surface area contributed by atoms with Crippen LogP contribution in [0.3, 0.4) is 0 Å². The SMILES string of the molecule is COC(=O)c1ccccc1-c1ccc(N(CC(C)C)C2CCN(C(=O)O)CC2)c(N)c1. The molecule has 0 saturated carbocycles. The van der Waals surface area contributed by atoms with Crippen molar-refractivity contribution in [1.29, 1.82) is 0 Å². The lowest BCUT2D eigenvalue weighted by molar-refractivity contribution is 0.0601. The standard InChI is InChI=1S/C24H31N3O4/c1-16(2)15-27(18-10-12-26(13-11-18)24(29)30)22-9-8-17(14-21(22)25)19-6-4-5-7-20(19)23(28)31-3/h4-9,14,16,18H,10-13,15,25H2,1-3H3,(H,29,30). The van der Waals surface area contributed by atoms with Crippen LogP contribution in [-0.4, -0.2) is 54.9 Å². The molecule has 1 aliphatic heterocycles. The van der Waals surface area contributed by atoms with Crippen molar-refractivity contribution in [2.75, 3.05) is 37.4 Å². The van der Waals surface area contributed by atoms with Crippen molar-refractivity contribution >= 4 is 23.4 Å². The number of methoxy groups -OCH3 is 1. The van der Waals surface area contributed by atoms with E-state index in [1.54, 1.807) is 12.1 Å². The lowest BCUT2D eigenvalue weighted by atomic mass is 9.97. The van der Waals surface area contributed by atoms with Crippen molar-refractivity contribution in [3.8, 4) is 11.1 Å². The summed E-state index contributed by atoms with van der Waals surface area (Å²) in [7, 11) is 1.37. The largest absolute Gasteiger partial charge is 0.465 e. The lowest BCUT2D eigenvalue weighted by Crippen LogP contribution is -2.47. The van der Waals surface area contributed by atoms with Crippen molar-refractivity contribution in [2.45, 2.75) is 32.7 Å². The normalized spacial score (nSPS) is 14.5. The van der Waals surface area contributed by atoms with Crippen LogP contribution in [0.2, 0.25) is 0 Å². The van der Waals surface area contributed by atoms with Gasteiger partial charge in [0.15, 0.2) is 0 Å². The van der Waals surface area contributed by atoms with Crippen LogP contribution in [0.15, 0.2) is 42.5 Å². The van der Waals surface area contributed by atoms with Crippen LogP contribution < -0.4 is 10.6 Å². The molecule has 0 bridgehead atoms. The van der Waals surface area contributed by atoms with Gasteiger partial charge in [-0.2, -0.15) is 0 Å². The first-order valence-corrected chi connectivity index (χ1v) is 10.6. The maximum atomic E-state index is 12.2. The molecule has 0 unspecified atom stereocenters. The molecule has 0 spiro atoms. The van der Waals surface area contributed by atoms with Crippen LogP contribution in [0.5, 0.6) is 0 Å². The fourth-order valence-electron chi connectivity index (χ4n) is 4.21. The van der Waals surface area contributed by atoms with E-state index in [1.165, 1.54) is 12.0 Å². The maximum absolute atomic E-state index is 12.2. The van der Waals surface area contributed by atoms with Crippen LogP contribution in [0, 0.1) is 5.92 Å². The Hall–Kier alpha value is -3.22. The highest BCUT2D eigenvalue weighted by molar-refractivity contribution is 5.97. The Morgan fingerprint density at radius 1 is 1.19 bits per heavy atom. The number of nitrogens with two attached hydrogens (primary N) is 1. The number of nitrogen functional groups attached to an aromatic ring is 1. The van der Waals surface area contributed by atoms with Crippen molar-refractivity contribution in [1.82, 2.24) is 4.90 Å². The van der Waals surface area contributed by atoms with E-state index in [2.05, 4.69) is 18.7 Å². The molecule has 7 nitrogen and oxygen atoms in total. The number of amides is 1. The van der Waals surface area contributed by atoms with Gasteiger partial charge in [-0.1, -0.05) is 38.1 Å². The Bertz CT molecular complexity index is 936. The summed E-state index contributed by atoms with van der Waals surface area (Å²) >= 11 is 0. The molecular weight excluding hydrogens is 394 g/mol. The third-order valence-corrected chi connectivity index (χ3v) is 5.72. The van der Waals surface area contributed by atoms with E-state index in [1.807, 2.05) is 30.3 Å². The first kappa shape index (κ1) is 22.5. The average Bonchev–Trinajstić information content (AvgIpc) is 2.77. The number of ether oxygens (including phenoxy) is 1. The summed E-state index contributed by atoms with van der Waals surface area (Å²) in [6.07, 6.45) is 0.679. The van der Waals surface area contributed by atoms with E-state index in [9.17, 15) is 14.7 Å². The maximum Gasteiger partial charge on any atom is 0.407 e. The van der Waals surface area contributed by atoms with Crippen LogP contribution in [0.1, 0.15) is 37.0 Å². The fraction of sp³-hybridized carbons (Fsp3) is 0.417. The third kappa shape index (κ3) is 5.10. The highest BCUT2D eigenvalue weighted by atomic mass is 16.5. The van der Waals surface area contributed by atoms with E-state index in [4.69, 9.17) is 10.5 Å². The molecule has 0 radical (unpaired) electrons. The van der Waals surface area contributed by atoms with Crippen molar-refractivity contribution in [3.63, 3.8) is 0 Å². The Morgan fingerprint density at radius 3 is 2.45 bits per heavy atom. The number of esters is 1. The molecular formula is C24H31N3O4. The highest BCUT2D eigenvalue weighted by Gasteiger charge is 2.28. The third-order valence-electron chi connectivity index (χ3n) is 5.72. The number of carboxylic acid groups (broad SMARTS) is 1. The van der Waals surface area contributed by atoms with E-state index >= 15 is 0 Å². The minimum atomic E-state index is -0.859. The minimum Gasteiger partial charge on any atom is -0.465 e. The van der Waals surface area contributed by atoms with Gasteiger partial charge in [-0.15, -0.1) is 0 Å². The first-order valence-electron chi connectivity index (χ1n) is 10.6. The van der Waals surface area contributed by atoms with Gasteiger partial charge >= 0.3 is 12.1 Å². The Kier molecular flexibility index (Phi) is 7.05. The van der Waals surface area contributed by atoms with Crippen molar-refractivity contribution < 1.29 is 19.4 Å². The molecule has 166 valence electrons. The number of anilines is 2. The second kappa shape index (κ2) is 9.73. The number of hydrogen-bond donors (Lipinski definition) is 2. The Labute approximate surface area is 183 Å². The minimum absolute atomic E-state index is 0.230. The van der Waals surface area contributed by atoms with E-state index in [0.717, 1.165) is 36.2 Å². The predicted octanol–water partition coefficient (Wildman–Crippen LogP) is 4.33. The molecule has 2 aromatic carbocycles. The monoisotopic (exact) mass is 425 g/mol. The van der Waals surface area contributed by atoms with Gasteiger partial charge in [0.2, 0.25) is 0 Å². The van der Waals surface area contributed by atoms with Gasteiger partial charge < -0.3 is 25.4 Å². The number of benzene rings is 2. The molecule has 0 aliphatic carbocycles. The molecule has 3 rings (SSSR count). The average molecular weight is 426 g/mol. The molecule has 1 fully saturated rings. The molecule has 3 N–H and O–H groups in total. The first-order chi connectivity index (χ1) is 14.8. The summed E-state index contributed by atoms with van der Waals surface area (Å²) in [5, 5.41) is 9.25. The second-order valence-electron chi connectivity index (χ2n) is 8.36. The van der Waals surface area contributed by atoms with Crippen molar-refractivity contribution in [2.24, 2.45) is 5.92 Å². The predicted molar refractivity (Wildman–Crippen MR) is 122 cm³/mol. The van der Waals surface area contributed by atoms with Crippen LogP contribution >= 0.6 is 0 Å². The zero-order chi connectivity index (χ0) is 22.5. The molecule has 31 heavy (non-hydrogen) atoms. The van der Waals surface area contributed by atoms with E-state index < -0.39 is 6.09 Å². The summed E-state index contributed by atoms with van der Waals surface area (Å²) in [5.41, 5.74) is 10.2. The molecule has 0 atom stereocenters. The Balaban J connectivity index is 1.91. The summed E-state index contributed by atoms with van der Waals surface area (Å²) < 4.78 is 4.91. The summed E-state index contributed by atoms with van der Waals surface area (Å²) in [6.45, 7) is 6.21. The Morgan fingerprint density at radius 2 is 1.87 bits per heavy atom. The molecule has 1 aliphatic rings. The zero-order valence-electron chi connectivity index (χ0n) is 18.4. The van der Waals surface area contributed by atoms with Crippen LogP contribution in [0.4, 0.5) is 16.2 Å². The number of nitrogens with zero attached hydrogens (tertiary/aromatic N) is 2. The van der Waals surface area contributed by atoms with Gasteiger partial charge in [0.05, 0.1) is 24.0 Å². The number of carbonyl (C=O) groups is 2. The quantitative estimate of drug-likeness (QED) is 0.528. The van der Waals surface area contributed by atoms with E-state index in [-0.39, 0.29) is 12.0 Å². The van der Waals surface area contributed by atoms with Gasteiger partial charge in [0.25, 0.3) is 0 Å². The molecule has 1 amide bonds. The lowest BCUT2D eigenvalue weighted by Gasteiger charge is -2.40. The number of likely N-dealkylation sites (tertiary alicyclic amines) is 1. The number of piperidine rings is 1. The number of carbonyl (C=O) groups excluding carboxylic acids is 1. The van der Waals surface area contributed by atoms with Gasteiger partial charge in [-0.25, -0.2) is 9.59 Å². The van der Waals surface area contributed by atoms with Gasteiger partial charge in [0, 0.05) is 25.7 Å². The molecule has 0 aromatic heterocycles. The molecule has 1 heterocycles. The second-order valence-corrected chi connectivity index (χ2v) is 8.36. The molecule has 7 heteroatoms. The number of rotatable bonds is 6. The van der Waals surface area contributed by atoms with Crippen LogP contribution in [-0.2, 0) is 4.74 Å².